The number of nitrogens with one attached hydrogen (secondary N) is 2. The van der Waals surface area contributed by atoms with Crippen molar-refractivity contribution in [3.63, 3.8) is 0 Å². The van der Waals surface area contributed by atoms with Gasteiger partial charge in [0.25, 0.3) is 0 Å². The lowest BCUT2D eigenvalue weighted by Gasteiger charge is -2.22. The highest BCUT2D eigenvalue weighted by atomic mass is 35.5. The summed E-state index contributed by atoms with van der Waals surface area (Å²) in [5.41, 5.74) is 0.940. The third kappa shape index (κ3) is 4.44. The molecule has 1 unspecified atom stereocenters. The number of carbonyl (C=O) groups is 1. The number of ether oxygens (including phenoxy) is 1. The molecule has 1 heterocycles. The van der Waals surface area contributed by atoms with Gasteiger partial charge in [-0.05, 0) is 12.0 Å². The molecule has 0 radical (unpaired) electrons. The van der Waals surface area contributed by atoms with Crippen LogP contribution in [0.4, 0.5) is 4.79 Å². The van der Waals surface area contributed by atoms with Crippen LogP contribution in [-0.4, -0.2) is 30.5 Å². The van der Waals surface area contributed by atoms with Crippen molar-refractivity contribution >= 4 is 23.7 Å². The summed E-state index contributed by atoms with van der Waals surface area (Å²) in [7, 11) is 0. The van der Waals surface area contributed by atoms with Gasteiger partial charge in [0.2, 0.25) is 5.96 Å². The maximum Gasteiger partial charge on any atom is 0.414 e. The van der Waals surface area contributed by atoms with E-state index in [1.807, 2.05) is 30.3 Å². The van der Waals surface area contributed by atoms with E-state index in [4.69, 9.17) is 16.3 Å². The third-order valence-electron chi connectivity index (χ3n) is 2.71. The lowest BCUT2D eigenvalue weighted by atomic mass is 10.2. The van der Waals surface area contributed by atoms with Crippen molar-refractivity contribution < 1.29 is 9.53 Å². The van der Waals surface area contributed by atoms with Gasteiger partial charge in [0.1, 0.15) is 6.61 Å². The lowest BCUT2D eigenvalue weighted by Crippen LogP contribution is -2.49. The van der Waals surface area contributed by atoms with Crippen molar-refractivity contribution in [3.8, 4) is 0 Å². The van der Waals surface area contributed by atoms with E-state index >= 15 is 0 Å². The molecular formula is C13H16ClN3O2. The SMILES string of the molecule is O=C(NC1=NCCC(CCl)N1)OCc1ccccc1. The molecule has 1 atom stereocenters. The lowest BCUT2D eigenvalue weighted by molar-refractivity contribution is 0.144. The molecule has 1 aromatic carbocycles. The van der Waals surface area contributed by atoms with Crippen LogP contribution in [0.1, 0.15) is 12.0 Å². The molecular weight excluding hydrogens is 266 g/mol. The molecule has 102 valence electrons. The molecule has 2 N–H and O–H groups in total. The maximum absolute atomic E-state index is 11.6. The van der Waals surface area contributed by atoms with Crippen LogP contribution in [0.25, 0.3) is 0 Å². The molecule has 5 nitrogen and oxygen atoms in total. The first kappa shape index (κ1) is 13.7. The smallest absolute Gasteiger partial charge is 0.414 e. The van der Waals surface area contributed by atoms with E-state index in [1.165, 1.54) is 0 Å². The quantitative estimate of drug-likeness (QED) is 0.832. The first-order valence-corrected chi connectivity index (χ1v) is 6.66. The summed E-state index contributed by atoms with van der Waals surface area (Å²) in [6.45, 7) is 0.886. The maximum atomic E-state index is 11.6. The number of halogens is 1. The normalized spacial score (nSPS) is 18.2. The van der Waals surface area contributed by atoms with Gasteiger partial charge in [-0.1, -0.05) is 30.3 Å². The van der Waals surface area contributed by atoms with Gasteiger partial charge in [0, 0.05) is 18.5 Å². The van der Waals surface area contributed by atoms with E-state index in [2.05, 4.69) is 15.6 Å². The summed E-state index contributed by atoms with van der Waals surface area (Å²) < 4.78 is 5.10. The Morgan fingerprint density at radius 3 is 3.00 bits per heavy atom. The monoisotopic (exact) mass is 281 g/mol. The fourth-order valence-corrected chi connectivity index (χ4v) is 1.92. The molecule has 0 saturated carbocycles. The molecule has 2 rings (SSSR count). The number of benzene rings is 1. The fourth-order valence-electron chi connectivity index (χ4n) is 1.69. The molecule has 1 aliphatic heterocycles. The molecule has 0 saturated heterocycles. The molecule has 6 heteroatoms. The van der Waals surface area contributed by atoms with Crippen LogP contribution < -0.4 is 10.6 Å². The van der Waals surface area contributed by atoms with Gasteiger partial charge < -0.3 is 10.1 Å². The molecule has 1 aromatic rings. The van der Waals surface area contributed by atoms with Crippen molar-refractivity contribution in [1.29, 1.82) is 0 Å². The predicted octanol–water partition coefficient (Wildman–Crippen LogP) is 1.87. The van der Waals surface area contributed by atoms with E-state index in [0.29, 0.717) is 18.4 Å². The van der Waals surface area contributed by atoms with Crippen molar-refractivity contribution in [2.24, 2.45) is 4.99 Å². The van der Waals surface area contributed by atoms with E-state index < -0.39 is 6.09 Å². The largest absolute Gasteiger partial charge is 0.444 e. The number of amides is 1. The Balaban J connectivity index is 1.77. The zero-order valence-corrected chi connectivity index (χ0v) is 11.2. The average molecular weight is 282 g/mol. The number of alkyl carbamates (subject to hydrolysis) is 1. The minimum Gasteiger partial charge on any atom is -0.444 e. The van der Waals surface area contributed by atoms with Crippen molar-refractivity contribution in [2.45, 2.75) is 19.1 Å². The number of hydrogen-bond acceptors (Lipinski definition) is 4. The Morgan fingerprint density at radius 2 is 2.26 bits per heavy atom. The number of carbonyl (C=O) groups excluding carboxylic acids is 1. The molecule has 0 fully saturated rings. The van der Waals surface area contributed by atoms with E-state index in [-0.39, 0.29) is 12.6 Å². The highest BCUT2D eigenvalue weighted by molar-refractivity contribution is 6.18. The van der Waals surface area contributed by atoms with Crippen LogP contribution in [0.3, 0.4) is 0 Å². The molecule has 1 amide bonds. The van der Waals surface area contributed by atoms with E-state index in [0.717, 1.165) is 12.0 Å². The topological polar surface area (TPSA) is 62.7 Å². The van der Waals surface area contributed by atoms with Crippen LogP contribution in [-0.2, 0) is 11.3 Å². The Morgan fingerprint density at radius 1 is 1.47 bits per heavy atom. The van der Waals surface area contributed by atoms with Crippen molar-refractivity contribution in [3.05, 3.63) is 35.9 Å². The van der Waals surface area contributed by atoms with Crippen LogP contribution in [0.2, 0.25) is 0 Å². The van der Waals surface area contributed by atoms with Gasteiger partial charge in [-0.25, -0.2) is 4.79 Å². The number of rotatable bonds is 3. The van der Waals surface area contributed by atoms with Crippen molar-refractivity contribution in [2.75, 3.05) is 12.4 Å². The van der Waals surface area contributed by atoms with Gasteiger partial charge in [0.05, 0.1) is 0 Å². The number of guanidine groups is 1. The second kappa shape index (κ2) is 6.99. The second-order valence-electron chi connectivity index (χ2n) is 4.20. The molecule has 0 aliphatic carbocycles. The summed E-state index contributed by atoms with van der Waals surface area (Å²) in [5.74, 6) is 0.912. The van der Waals surface area contributed by atoms with Gasteiger partial charge in [-0.3, -0.25) is 10.3 Å². The van der Waals surface area contributed by atoms with E-state index in [9.17, 15) is 4.79 Å². The predicted molar refractivity (Wildman–Crippen MR) is 74.3 cm³/mol. The first-order valence-electron chi connectivity index (χ1n) is 6.12. The van der Waals surface area contributed by atoms with Gasteiger partial charge >= 0.3 is 6.09 Å². The van der Waals surface area contributed by atoms with E-state index in [1.54, 1.807) is 0 Å². The molecule has 0 bridgehead atoms. The van der Waals surface area contributed by atoms with Gasteiger partial charge in [-0.15, -0.1) is 11.6 Å². The molecule has 0 aromatic heterocycles. The Kier molecular flexibility index (Phi) is 5.03. The van der Waals surface area contributed by atoms with Crippen LogP contribution >= 0.6 is 11.6 Å². The van der Waals surface area contributed by atoms with Crippen molar-refractivity contribution in [1.82, 2.24) is 10.6 Å². The number of hydrogen-bond donors (Lipinski definition) is 2. The number of nitrogens with zero attached hydrogens (tertiary/aromatic N) is 1. The third-order valence-corrected chi connectivity index (χ3v) is 3.08. The zero-order valence-electron chi connectivity index (χ0n) is 10.4. The average Bonchev–Trinajstić information content (AvgIpc) is 2.46. The second-order valence-corrected chi connectivity index (χ2v) is 4.51. The number of aliphatic imine (C=N–C) groups is 1. The van der Waals surface area contributed by atoms with Gasteiger partial charge in [0.15, 0.2) is 0 Å². The minimum absolute atomic E-state index is 0.142. The highest BCUT2D eigenvalue weighted by Gasteiger charge is 2.16. The van der Waals surface area contributed by atoms with Gasteiger partial charge in [-0.2, -0.15) is 0 Å². The summed E-state index contributed by atoms with van der Waals surface area (Å²) in [4.78, 5) is 15.8. The Bertz CT molecular complexity index is 450. The minimum atomic E-state index is -0.523. The summed E-state index contributed by atoms with van der Waals surface area (Å²) in [5, 5.41) is 5.61. The fraction of sp³-hybridized carbons (Fsp3) is 0.385. The summed E-state index contributed by atoms with van der Waals surface area (Å²) in [6.07, 6.45) is 0.346. The molecule has 19 heavy (non-hydrogen) atoms. The standard InChI is InChI=1S/C13H16ClN3O2/c14-8-11-6-7-15-12(16-11)17-13(18)19-9-10-4-2-1-3-5-10/h1-5,11H,6-9H2,(H2,15,16,17,18). The summed E-state index contributed by atoms with van der Waals surface area (Å²) >= 11 is 5.76. The molecule has 0 spiro atoms. The summed E-state index contributed by atoms with van der Waals surface area (Å²) in [6, 6.07) is 9.64. The van der Waals surface area contributed by atoms with Crippen LogP contribution in [0.15, 0.2) is 35.3 Å². The first-order chi connectivity index (χ1) is 9.28. The Labute approximate surface area is 117 Å². The highest BCUT2D eigenvalue weighted by Crippen LogP contribution is 2.02. The Hall–Kier alpha value is -1.75. The molecule has 1 aliphatic rings. The van der Waals surface area contributed by atoms with Crippen LogP contribution in [0, 0.1) is 0 Å². The zero-order chi connectivity index (χ0) is 13.5. The van der Waals surface area contributed by atoms with Crippen LogP contribution in [0.5, 0.6) is 0 Å². The number of alkyl halides is 1.